The standard InChI is InChI=1S/C7H12N4O2.C2H6/c8-9-6(12)3-1-5-2-4-7(13)11-10-5;1-2/h1-4,8H2,(H,9,12)(H,11,13);1-2H3. The minimum absolute atomic E-state index is 0.0768. The zero-order valence-corrected chi connectivity index (χ0v) is 9.17. The molecule has 0 aromatic rings. The van der Waals surface area contributed by atoms with E-state index in [1.165, 1.54) is 0 Å². The summed E-state index contributed by atoms with van der Waals surface area (Å²) in [5.74, 6) is 4.60. The summed E-state index contributed by atoms with van der Waals surface area (Å²) in [5.41, 5.74) is 5.23. The minimum atomic E-state index is -0.223. The van der Waals surface area contributed by atoms with Gasteiger partial charge in [0.05, 0.1) is 0 Å². The number of nitrogens with two attached hydrogens (primary N) is 1. The van der Waals surface area contributed by atoms with Crippen molar-refractivity contribution < 1.29 is 9.59 Å². The molecule has 0 radical (unpaired) electrons. The number of amides is 2. The Morgan fingerprint density at radius 3 is 2.67 bits per heavy atom. The van der Waals surface area contributed by atoms with Crippen LogP contribution in [-0.4, -0.2) is 17.5 Å². The Labute approximate surface area is 89.3 Å². The van der Waals surface area contributed by atoms with E-state index in [0.717, 1.165) is 5.71 Å². The number of hydrazone groups is 1. The van der Waals surface area contributed by atoms with Gasteiger partial charge in [-0.05, 0) is 12.8 Å². The number of nitrogens with zero attached hydrogens (tertiary/aromatic N) is 1. The molecule has 1 heterocycles. The van der Waals surface area contributed by atoms with Gasteiger partial charge in [-0.15, -0.1) is 0 Å². The Morgan fingerprint density at radius 1 is 1.53 bits per heavy atom. The lowest BCUT2D eigenvalue weighted by molar-refractivity contribution is -0.121. The summed E-state index contributed by atoms with van der Waals surface area (Å²) in [7, 11) is 0. The van der Waals surface area contributed by atoms with Crippen molar-refractivity contribution in [3.63, 3.8) is 0 Å². The highest BCUT2D eigenvalue weighted by atomic mass is 16.2. The zero-order valence-electron chi connectivity index (χ0n) is 9.17. The molecule has 0 aliphatic carbocycles. The molecule has 1 rings (SSSR count). The number of hydrazine groups is 1. The van der Waals surface area contributed by atoms with Gasteiger partial charge in [0, 0.05) is 18.6 Å². The third kappa shape index (κ3) is 5.79. The van der Waals surface area contributed by atoms with Crippen molar-refractivity contribution in [2.75, 3.05) is 0 Å². The normalized spacial score (nSPS) is 14.3. The van der Waals surface area contributed by atoms with E-state index in [0.29, 0.717) is 25.7 Å². The Kier molecular flexibility index (Phi) is 7.17. The maximum absolute atomic E-state index is 10.7. The largest absolute Gasteiger partial charge is 0.294 e. The van der Waals surface area contributed by atoms with Gasteiger partial charge in [-0.1, -0.05) is 13.8 Å². The summed E-state index contributed by atoms with van der Waals surface area (Å²) in [6, 6.07) is 0. The molecule has 6 heteroatoms. The van der Waals surface area contributed by atoms with E-state index < -0.39 is 0 Å². The maximum Gasteiger partial charge on any atom is 0.240 e. The molecule has 0 aromatic heterocycles. The SMILES string of the molecule is CC.NNC(=O)CCC1=NNC(=O)CC1. The van der Waals surface area contributed by atoms with Crippen LogP contribution in [0.4, 0.5) is 0 Å². The Morgan fingerprint density at radius 2 is 2.20 bits per heavy atom. The zero-order chi connectivity index (χ0) is 11.7. The predicted molar refractivity (Wildman–Crippen MR) is 57.7 cm³/mol. The lowest BCUT2D eigenvalue weighted by atomic mass is 10.1. The van der Waals surface area contributed by atoms with Gasteiger partial charge in [-0.3, -0.25) is 15.0 Å². The molecule has 2 amide bonds. The second-order valence-electron chi connectivity index (χ2n) is 2.78. The van der Waals surface area contributed by atoms with Crippen LogP contribution in [-0.2, 0) is 9.59 Å². The van der Waals surface area contributed by atoms with Gasteiger partial charge < -0.3 is 0 Å². The van der Waals surface area contributed by atoms with E-state index in [4.69, 9.17) is 5.84 Å². The third-order valence-electron chi connectivity index (χ3n) is 1.78. The van der Waals surface area contributed by atoms with Crippen LogP contribution in [0.5, 0.6) is 0 Å². The van der Waals surface area contributed by atoms with E-state index in [1.807, 2.05) is 19.3 Å². The Hall–Kier alpha value is -1.43. The lowest BCUT2D eigenvalue weighted by Crippen LogP contribution is -2.31. The van der Waals surface area contributed by atoms with E-state index in [1.54, 1.807) is 0 Å². The minimum Gasteiger partial charge on any atom is -0.294 e. The van der Waals surface area contributed by atoms with Crippen LogP contribution in [0.3, 0.4) is 0 Å². The van der Waals surface area contributed by atoms with Crippen LogP contribution in [0.15, 0.2) is 5.10 Å². The highest BCUT2D eigenvalue weighted by Crippen LogP contribution is 2.04. The number of nitrogens with one attached hydrogen (secondary N) is 2. The summed E-state index contributed by atoms with van der Waals surface area (Å²) in [4.78, 5) is 21.4. The average molecular weight is 214 g/mol. The summed E-state index contributed by atoms with van der Waals surface area (Å²) in [5, 5.41) is 3.81. The van der Waals surface area contributed by atoms with Crippen LogP contribution < -0.4 is 16.7 Å². The van der Waals surface area contributed by atoms with Gasteiger partial charge in [0.1, 0.15) is 0 Å². The molecule has 0 saturated heterocycles. The predicted octanol–water partition coefficient (Wildman–Crippen LogP) is 0.0487. The van der Waals surface area contributed by atoms with Gasteiger partial charge in [-0.25, -0.2) is 11.3 Å². The van der Waals surface area contributed by atoms with Gasteiger partial charge in [-0.2, -0.15) is 5.10 Å². The molecule has 1 aliphatic rings. The second-order valence-corrected chi connectivity index (χ2v) is 2.78. The number of hydrogen-bond acceptors (Lipinski definition) is 4. The number of carbonyl (C=O) groups excluding carboxylic acids is 2. The molecule has 0 saturated carbocycles. The first-order valence-electron chi connectivity index (χ1n) is 5.06. The Balaban J connectivity index is 0.000000921. The van der Waals surface area contributed by atoms with Gasteiger partial charge in [0.2, 0.25) is 11.8 Å². The summed E-state index contributed by atoms with van der Waals surface area (Å²) in [6.07, 6.45) is 1.93. The topological polar surface area (TPSA) is 96.6 Å². The fourth-order valence-corrected chi connectivity index (χ4v) is 1.02. The molecule has 0 spiro atoms. The molecule has 86 valence electrons. The highest BCUT2D eigenvalue weighted by molar-refractivity contribution is 5.94. The molecule has 1 aliphatic heterocycles. The summed E-state index contributed by atoms with van der Waals surface area (Å²) < 4.78 is 0. The van der Waals surface area contributed by atoms with Gasteiger partial charge >= 0.3 is 0 Å². The van der Waals surface area contributed by atoms with Crippen LogP contribution in [0.2, 0.25) is 0 Å². The molecule has 0 aromatic carbocycles. The van der Waals surface area contributed by atoms with Crippen LogP contribution in [0.1, 0.15) is 39.5 Å². The van der Waals surface area contributed by atoms with E-state index in [9.17, 15) is 9.59 Å². The first kappa shape index (κ1) is 13.6. The van der Waals surface area contributed by atoms with E-state index >= 15 is 0 Å². The second kappa shape index (κ2) is 7.93. The van der Waals surface area contributed by atoms with Crippen LogP contribution >= 0.6 is 0 Å². The molecule has 0 fully saturated rings. The molecule has 0 unspecified atom stereocenters. The fraction of sp³-hybridized carbons (Fsp3) is 0.667. The highest BCUT2D eigenvalue weighted by Gasteiger charge is 2.11. The molecule has 15 heavy (non-hydrogen) atoms. The molecule has 6 nitrogen and oxygen atoms in total. The summed E-state index contributed by atoms with van der Waals surface area (Å²) >= 11 is 0. The smallest absolute Gasteiger partial charge is 0.240 e. The van der Waals surface area contributed by atoms with Crippen molar-refractivity contribution in [3.8, 4) is 0 Å². The quantitative estimate of drug-likeness (QED) is 0.352. The fourth-order valence-electron chi connectivity index (χ4n) is 1.02. The third-order valence-corrected chi connectivity index (χ3v) is 1.78. The lowest BCUT2D eigenvalue weighted by Gasteiger charge is -2.10. The van der Waals surface area contributed by atoms with Crippen LogP contribution in [0.25, 0.3) is 0 Å². The summed E-state index contributed by atoms with van der Waals surface area (Å²) in [6.45, 7) is 4.00. The van der Waals surface area contributed by atoms with Crippen molar-refractivity contribution in [2.45, 2.75) is 39.5 Å². The maximum atomic E-state index is 10.7. The van der Waals surface area contributed by atoms with E-state index in [2.05, 4.69) is 10.5 Å². The molecule has 0 bridgehead atoms. The van der Waals surface area contributed by atoms with Crippen molar-refractivity contribution in [2.24, 2.45) is 10.9 Å². The van der Waals surface area contributed by atoms with Crippen molar-refractivity contribution in [3.05, 3.63) is 0 Å². The Bertz CT molecular complexity index is 250. The van der Waals surface area contributed by atoms with Gasteiger partial charge in [0.25, 0.3) is 0 Å². The number of rotatable bonds is 3. The number of carbonyl (C=O) groups is 2. The number of hydrogen-bond donors (Lipinski definition) is 3. The molecule has 4 N–H and O–H groups in total. The van der Waals surface area contributed by atoms with Crippen molar-refractivity contribution >= 4 is 17.5 Å². The first-order valence-corrected chi connectivity index (χ1v) is 5.06. The van der Waals surface area contributed by atoms with Crippen LogP contribution in [0, 0.1) is 0 Å². The molecular formula is C9H18N4O2. The average Bonchev–Trinajstić information content (AvgIpc) is 2.30. The van der Waals surface area contributed by atoms with E-state index in [-0.39, 0.29) is 11.8 Å². The van der Waals surface area contributed by atoms with Crippen molar-refractivity contribution in [1.29, 1.82) is 0 Å². The molecule has 0 atom stereocenters. The monoisotopic (exact) mass is 214 g/mol. The first-order chi connectivity index (χ1) is 7.22. The van der Waals surface area contributed by atoms with Gasteiger partial charge in [0.15, 0.2) is 0 Å². The van der Waals surface area contributed by atoms with Crippen molar-refractivity contribution in [1.82, 2.24) is 10.9 Å². The molecular weight excluding hydrogens is 196 g/mol.